The number of nitrogens with one attached hydrogen (secondary N) is 2. The van der Waals surface area contributed by atoms with Gasteiger partial charge < -0.3 is 20.3 Å². The van der Waals surface area contributed by atoms with E-state index in [0.29, 0.717) is 23.0 Å². The molecule has 2 fully saturated rings. The number of ether oxygens (including phenoxy) is 1. The Morgan fingerprint density at radius 1 is 1.09 bits per heavy atom. The van der Waals surface area contributed by atoms with Crippen LogP contribution in [0.3, 0.4) is 0 Å². The molecule has 1 saturated heterocycles. The second-order valence-electron chi connectivity index (χ2n) is 10.1. The van der Waals surface area contributed by atoms with Gasteiger partial charge in [0.2, 0.25) is 5.91 Å². The molecule has 0 radical (unpaired) electrons. The first-order chi connectivity index (χ1) is 15.6. The Hall–Kier alpha value is -2.28. The summed E-state index contributed by atoms with van der Waals surface area (Å²) in [5.74, 6) is -0.250. The second-order valence-corrected chi connectivity index (χ2v) is 10.5. The molecule has 33 heavy (non-hydrogen) atoms. The summed E-state index contributed by atoms with van der Waals surface area (Å²) in [4.78, 5) is 40.6. The predicted molar refractivity (Wildman–Crippen MR) is 129 cm³/mol. The summed E-state index contributed by atoms with van der Waals surface area (Å²) < 4.78 is 5.53. The van der Waals surface area contributed by atoms with Crippen molar-refractivity contribution in [1.82, 2.24) is 10.2 Å². The van der Waals surface area contributed by atoms with Gasteiger partial charge in [0.15, 0.2) is 0 Å². The molecule has 1 aliphatic heterocycles. The van der Waals surface area contributed by atoms with Crippen molar-refractivity contribution in [3.05, 3.63) is 29.3 Å². The number of amides is 3. The van der Waals surface area contributed by atoms with Crippen molar-refractivity contribution in [3.8, 4) is 0 Å². The fraction of sp³-hybridized carbons (Fsp3) is 0.640. The second kappa shape index (κ2) is 11.2. The minimum absolute atomic E-state index is 0.00638. The lowest BCUT2D eigenvalue weighted by atomic mass is 9.81. The van der Waals surface area contributed by atoms with Gasteiger partial charge in [-0.2, -0.15) is 0 Å². The Morgan fingerprint density at radius 2 is 1.82 bits per heavy atom. The molecule has 3 rings (SSSR count). The van der Waals surface area contributed by atoms with Crippen LogP contribution in [-0.2, 0) is 14.3 Å². The van der Waals surface area contributed by atoms with Gasteiger partial charge in [0.1, 0.15) is 18.2 Å². The van der Waals surface area contributed by atoms with E-state index in [0.717, 1.165) is 38.5 Å². The number of rotatable bonds is 5. The van der Waals surface area contributed by atoms with Crippen LogP contribution in [0.25, 0.3) is 0 Å². The summed E-state index contributed by atoms with van der Waals surface area (Å²) in [5.41, 5.74) is -0.0763. The van der Waals surface area contributed by atoms with Crippen LogP contribution in [0.4, 0.5) is 10.5 Å². The monoisotopic (exact) mass is 477 g/mol. The minimum atomic E-state index is -0.694. The molecule has 2 aliphatic rings. The third kappa shape index (κ3) is 7.63. The fourth-order valence-electron chi connectivity index (χ4n) is 4.92. The molecule has 3 amide bonds. The van der Waals surface area contributed by atoms with Crippen LogP contribution >= 0.6 is 11.6 Å². The van der Waals surface area contributed by atoms with E-state index in [1.54, 1.807) is 29.2 Å². The van der Waals surface area contributed by atoms with Crippen molar-refractivity contribution in [3.63, 3.8) is 0 Å². The SMILES string of the molecule is CC(C)(C)OC(=O)CN1C(=O)C(NC(=O)Nc2cccc(Cl)c2)CCCC1C1CCCCC1. The summed E-state index contributed by atoms with van der Waals surface area (Å²) in [6, 6.07) is 5.67. The van der Waals surface area contributed by atoms with Crippen molar-refractivity contribution >= 4 is 35.2 Å². The highest BCUT2D eigenvalue weighted by Crippen LogP contribution is 2.34. The Labute approximate surface area is 201 Å². The molecular formula is C25H36ClN3O4. The Kier molecular flexibility index (Phi) is 8.63. The van der Waals surface area contributed by atoms with Crippen LogP contribution in [0.5, 0.6) is 0 Å². The first-order valence-electron chi connectivity index (χ1n) is 12.0. The van der Waals surface area contributed by atoms with Crippen LogP contribution in [0.1, 0.15) is 72.1 Å². The molecule has 7 nitrogen and oxygen atoms in total. The van der Waals surface area contributed by atoms with Gasteiger partial charge in [-0.05, 0) is 77.0 Å². The van der Waals surface area contributed by atoms with Crippen molar-refractivity contribution < 1.29 is 19.1 Å². The number of halogens is 1. The van der Waals surface area contributed by atoms with E-state index in [9.17, 15) is 14.4 Å². The van der Waals surface area contributed by atoms with Crippen molar-refractivity contribution in [1.29, 1.82) is 0 Å². The molecule has 1 heterocycles. The lowest BCUT2D eigenvalue weighted by Crippen LogP contribution is -2.54. The van der Waals surface area contributed by atoms with Gasteiger partial charge in [0, 0.05) is 16.8 Å². The van der Waals surface area contributed by atoms with E-state index in [1.165, 1.54) is 6.42 Å². The average molecular weight is 478 g/mol. The lowest BCUT2D eigenvalue weighted by Gasteiger charge is -2.38. The van der Waals surface area contributed by atoms with Crippen LogP contribution in [0, 0.1) is 5.92 Å². The molecule has 0 bridgehead atoms. The van der Waals surface area contributed by atoms with Gasteiger partial charge in [-0.3, -0.25) is 9.59 Å². The van der Waals surface area contributed by atoms with Crippen LogP contribution < -0.4 is 10.6 Å². The largest absolute Gasteiger partial charge is 0.459 e. The van der Waals surface area contributed by atoms with Crippen molar-refractivity contribution in [2.45, 2.75) is 89.8 Å². The smallest absolute Gasteiger partial charge is 0.326 e. The molecule has 1 aromatic carbocycles. The standard InChI is InChI=1S/C25H36ClN3O4/c1-25(2,3)33-22(30)16-29-21(17-9-5-4-6-10-17)14-8-13-20(23(29)31)28-24(32)27-19-12-7-11-18(26)15-19/h7,11-12,15,17,20-21H,4-6,8-10,13-14,16H2,1-3H3,(H2,27,28,32). The molecule has 0 spiro atoms. The highest BCUT2D eigenvalue weighted by Gasteiger charge is 2.39. The maximum atomic E-state index is 13.6. The van der Waals surface area contributed by atoms with Gasteiger partial charge in [0.05, 0.1) is 0 Å². The molecule has 1 saturated carbocycles. The molecule has 1 aliphatic carbocycles. The van der Waals surface area contributed by atoms with E-state index in [2.05, 4.69) is 10.6 Å². The quantitative estimate of drug-likeness (QED) is 0.575. The topological polar surface area (TPSA) is 87.7 Å². The molecule has 2 atom stereocenters. The number of benzene rings is 1. The summed E-state index contributed by atoms with van der Waals surface area (Å²) in [7, 11) is 0. The third-order valence-corrected chi connectivity index (χ3v) is 6.51. The number of hydrogen-bond donors (Lipinski definition) is 2. The van der Waals surface area contributed by atoms with Gasteiger partial charge in [0.25, 0.3) is 0 Å². The fourth-order valence-corrected chi connectivity index (χ4v) is 5.11. The lowest BCUT2D eigenvalue weighted by molar-refractivity contribution is -0.161. The summed E-state index contributed by atoms with van der Waals surface area (Å²) >= 11 is 5.99. The number of nitrogens with zero attached hydrogens (tertiary/aromatic N) is 1. The number of likely N-dealkylation sites (tertiary alicyclic amines) is 1. The first kappa shape index (κ1) is 25.3. The summed E-state index contributed by atoms with van der Waals surface area (Å²) in [5, 5.41) is 6.06. The number of carbonyl (C=O) groups excluding carboxylic acids is 3. The van der Waals surface area contributed by atoms with Crippen LogP contribution in [0.15, 0.2) is 24.3 Å². The maximum Gasteiger partial charge on any atom is 0.326 e. The van der Waals surface area contributed by atoms with E-state index in [4.69, 9.17) is 16.3 Å². The molecule has 0 aromatic heterocycles. The van der Waals surface area contributed by atoms with Gasteiger partial charge in [-0.15, -0.1) is 0 Å². The molecule has 8 heteroatoms. The van der Waals surface area contributed by atoms with E-state index in [1.807, 2.05) is 20.8 Å². The molecular weight excluding hydrogens is 442 g/mol. The zero-order valence-corrected chi connectivity index (χ0v) is 20.6. The molecule has 1 aromatic rings. The zero-order valence-electron chi connectivity index (χ0n) is 19.9. The Morgan fingerprint density at radius 3 is 2.48 bits per heavy atom. The number of urea groups is 1. The summed E-state index contributed by atoms with van der Waals surface area (Å²) in [6.07, 6.45) is 7.82. The minimum Gasteiger partial charge on any atom is -0.459 e. The molecule has 2 N–H and O–H groups in total. The van der Waals surface area contributed by atoms with Crippen LogP contribution in [0.2, 0.25) is 5.02 Å². The van der Waals surface area contributed by atoms with Gasteiger partial charge >= 0.3 is 12.0 Å². The van der Waals surface area contributed by atoms with E-state index in [-0.39, 0.29) is 18.5 Å². The van der Waals surface area contributed by atoms with Crippen molar-refractivity contribution in [2.75, 3.05) is 11.9 Å². The van der Waals surface area contributed by atoms with Crippen molar-refractivity contribution in [2.24, 2.45) is 5.92 Å². The number of carbonyl (C=O) groups is 3. The zero-order chi connectivity index (χ0) is 24.0. The Balaban J connectivity index is 1.74. The number of hydrogen-bond acceptors (Lipinski definition) is 4. The van der Waals surface area contributed by atoms with E-state index < -0.39 is 23.6 Å². The van der Waals surface area contributed by atoms with Crippen LogP contribution in [-0.4, -0.2) is 47.0 Å². The Bertz CT molecular complexity index is 848. The normalized spacial score (nSPS) is 22.4. The highest BCUT2D eigenvalue weighted by atomic mass is 35.5. The van der Waals surface area contributed by atoms with Gasteiger partial charge in [-0.25, -0.2) is 4.79 Å². The summed E-state index contributed by atoms with van der Waals surface area (Å²) in [6.45, 7) is 5.36. The number of esters is 1. The van der Waals surface area contributed by atoms with Gasteiger partial charge in [-0.1, -0.05) is 36.9 Å². The van der Waals surface area contributed by atoms with E-state index >= 15 is 0 Å². The highest BCUT2D eigenvalue weighted by molar-refractivity contribution is 6.30. The predicted octanol–water partition coefficient (Wildman–Crippen LogP) is 5.13. The molecule has 182 valence electrons. The first-order valence-corrected chi connectivity index (χ1v) is 12.4. The maximum absolute atomic E-state index is 13.6. The average Bonchev–Trinajstić information content (AvgIpc) is 2.87. The molecule has 2 unspecified atom stereocenters. The number of anilines is 1. The third-order valence-electron chi connectivity index (χ3n) is 6.28.